The Bertz CT molecular complexity index is 958. The highest BCUT2D eigenvalue weighted by Crippen LogP contribution is 2.35. The van der Waals surface area contributed by atoms with Crippen LogP contribution in [0.2, 0.25) is 0 Å². The van der Waals surface area contributed by atoms with Gasteiger partial charge in [0.1, 0.15) is 5.69 Å². The van der Waals surface area contributed by atoms with Gasteiger partial charge in [-0.15, -0.1) is 0 Å². The van der Waals surface area contributed by atoms with Gasteiger partial charge in [0.15, 0.2) is 11.6 Å². The van der Waals surface area contributed by atoms with Gasteiger partial charge in [-0.25, -0.2) is 4.39 Å². The normalized spacial score (nSPS) is 14.5. The second-order valence-corrected chi connectivity index (χ2v) is 7.29. The molecule has 2 aromatic rings. The smallest absolute Gasteiger partial charge is 0.295 e. The summed E-state index contributed by atoms with van der Waals surface area (Å²) < 4.78 is 18.9. The Morgan fingerprint density at radius 2 is 1.93 bits per heavy atom. The van der Waals surface area contributed by atoms with Gasteiger partial charge in [-0.05, 0) is 31.0 Å². The van der Waals surface area contributed by atoms with Crippen LogP contribution in [-0.4, -0.2) is 55.6 Å². The van der Waals surface area contributed by atoms with Gasteiger partial charge in [-0.2, -0.15) is 0 Å². The van der Waals surface area contributed by atoms with Crippen molar-refractivity contribution in [3.63, 3.8) is 0 Å². The SMILES string of the molecule is COc1cc(N2CCN(CC(=O)Nc3cccc(C)c3C)CC2)c([N+](=O)[O-])cc1F. The highest BCUT2D eigenvalue weighted by molar-refractivity contribution is 5.93. The molecule has 0 bridgehead atoms. The van der Waals surface area contributed by atoms with E-state index in [1.807, 2.05) is 41.8 Å². The lowest BCUT2D eigenvalue weighted by atomic mass is 10.1. The number of methoxy groups -OCH3 is 1. The average Bonchev–Trinajstić information content (AvgIpc) is 2.72. The number of hydrogen-bond donors (Lipinski definition) is 1. The van der Waals surface area contributed by atoms with Crippen LogP contribution < -0.4 is 15.0 Å². The molecule has 0 atom stereocenters. The van der Waals surface area contributed by atoms with Crippen LogP contribution >= 0.6 is 0 Å². The topological polar surface area (TPSA) is 88.0 Å². The summed E-state index contributed by atoms with van der Waals surface area (Å²) in [6, 6.07) is 8.02. The molecule has 3 rings (SSSR count). The Morgan fingerprint density at radius 1 is 1.23 bits per heavy atom. The first-order valence-corrected chi connectivity index (χ1v) is 9.65. The Kier molecular flexibility index (Phi) is 6.51. The van der Waals surface area contributed by atoms with E-state index in [1.54, 1.807) is 0 Å². The number of amides is 1. The van der Waals surface area contributed by atoms with Gasteiger partial charge in [0.05, 0.1) is 24.6 Å². The number of rotatable bonds is 6. The van der Waals surface area contributed by atoms with Crippen LogP contribution in [0.1, 0.15) is 11.1 Å². The zero-order valence-electron chi connectivity index (χ0n) is 17.3. The van der Waals surface area contributed by atoms with E-state index in [0.29, 0.717) is 31.9 Å². The van der Waals surface area contributed by atoms with E-state index in [0.717, 1.165) is 22.9 Å². The molecule has 1 aliphatic heterocycles. The molecule has 0 aliphatic carbocycles. The maximum atomic E-state index is 13.9. The molecular formula is C21H25FN4O4. The molecule has 0 radical (unpaired) electrons. The number of ether oxygens (including phenoxy) is 1. The van der Waals surface area contributed by atoms with E-state index >= 15 is 0 Å². The number of nitrogens with zero attached hydrogens (tertiary/aromatic N) is 3. The summed E-state index contributed by atoms with van der Waals surface area (Å²) in [7, 11) is 1.32. The van der Waals surface area contributed by atoms with Crippen LogP contribution in [0.15, 0.2) is 30.3 Å². The van der Waals surface area contributed by atoms with Crippen molar-refractivity contribution >= 4 is 23.0 Å². The summed E-state index contributed by atoms with van der Waals surface area (Å²) >= 11 is 0. The second-order valence-electron chi connectivity index (χ2n) is 7.29. The fourth-order valence-corrected chi connectivity index (χ4v) is 3.51. The Balaban J connectivity index is 1.63. The number of anilines is 2. The number of benzene rings is 2. The van der Waals surface area contributed by atoms with E-state index < -0.39 is 10.7 Å². The van der Waals surface area contributed by atoms with Crippen molar-refractivity contribution in [2.45, 2.75) is 13.8 Å². The molecule has 1 fully saturated rings. The van der Waals surface area contributed by atoms with Crippen molar-refractivity contribution in [2.24, 2.45) is 0 Å². The molecular weight excluding hydrogens is 391 g/mol. The number of nitro benzene ring substituents is 1. The Labute approximate surface area is 174 Å². The molecule has 2 aromatic carbocycles. The van der Waals surface area contributed by atoms with Gasteiger partial charge in [0.2, 0.25) is 5.91 Å². The van der Waals surface area contributed by atoms with Crippen LogP contribution in [0.5, 0.6) is 5.75 Å². The molecule has 8 nitrogen and oxygen atoms in total. The van der Waals surface area contributed by atoms with E-state index in [9.17, 15) is 19.3 Å². The standard InChI is InChI=1S/C21H25FN4O4/c1-14-5-4-6-17(15(14)2)23-21(27)13-24-7-9-25(10-8-24)18-12-20(30-3)16(22)11-19(18)26(28)29/h4-6,11-12H,7-10,13H2,1-3H3,(H,23,27). The number of carbonyl (C=O) groups is 1. The van der Waals surface area contributed by atoms with E-state index in [2.05, 4.69) is 5.32 Å². The lowest BCUT2D eigenvalue weighted by Crippen LogP contribution is -2.48. The van der Waals surface area contributed by atoms with E-state index in [-0.39, 0.29) is 23.9 Å². The number of hydrogen-bond acceptors (Lipinski definition) is 6. The van der Waals surface area contributed by atoms with Crippen LogP contribution in [0, 0.1) is 29.8 Å². The maximum Gasteiger partial charge on any atom is 0.295 e. The number of halogens is 1. The van der Waals surface area contributed by atoms with Gasteiger partial charge < -0.3 is 15.0 Å². The molecule has 30 heavy (non-hydrogen) atoms. The van der Waals surface area contributed by atoms with Crippen molar-refractivity contribution < 1.29 is 18.8 Å². The minimum absolute atomic E-state index is 0.0362. The Hall–Kier alpha value is -3.20. The predicted octanol–water partition coefficient (Wildman–Crippen LogP) is 3.12. The largest absolute Gasteiger partial charge is 0.494 e. The second kappa shape index (κ2) is 9.08. The summed E-state index contributed by atoms with van der Waals surface area (Å²) in [5.41, 5.74) is 2.96. The van der Waals surface area contributed by atoms with Crippen molar-refractivity contribution in [3.05, 3.63) is 57.4 Å². The number of piperazine rings is 1. The molecule has 9 heteroatoms. The van der Waals surface area contributed by atoms with Gasteiger partial charge >= 0.3 is 0 Å². The minimum Gasteiger partial charge on any atom is -0.494 e. The van der Waals surface area contributed by atoms with E-state index in [4.69, 9.17) is 4.74 Å². The highest BCUT2D eigenvalue weighted by Gasteiger charge is 2.27. The zero-order valence-corrected chi connectivity index (χ0v) is 17.3. The van der Waals surface area contributed by atoms with Crippen molar-refractivity contribution in [1.29, 1.82) is 0 Å². The van der Waals surface area contributed by atoms with Crippen LogP contribution in [0.4, 0.5) is 21.5 Å². The van der Waals surface area contributed by atoms with Crippen LogP contribution in [-0.2, 0) is 4.79 Å². The van der Waals surface area contributed by atoms with Crippen LogP contribution in [0.3, 0.4) is 0 Å². The van der Waals surface area contributed by atoms with Crippen molar-refractivity contribution in [1.82, 2.24) is 4.90 Å². The fraction of sp³-hybridized carbons (Fsp3) is 0.381. The summed E-state index contributed by atoms with van der Waals surface area (Å²) in [4.78, 5) is 27.0. The third-order valence-electron chi connectivity index (χ3n) is 5.40. The maximum absolute atomic E-state index is 13.9. The molecule has 0 saturated carbocycles. The molecule has 1 N–H and O–H groups in total. The number of nitrogens with one attached hydrogen (secondary N) is 1. The fourth-order valence-electron chi connectivity index (χ4n) is 3.51. The molecule has 1 aliphatic rings. The van der Waals surface area contributed by atoms with Gasteiger partial charge in [0, 0.05) is 37.9 Å². The predicted molar refractivity (Wildman–Crippen MR) is 113 cm³/mol. The minimum atomic E-state index is -0.769. The van der Waals surface area contributed by atoms with Gasteiger partial charge in [-0.3, -0.25) is 19.8 Å². The third-order valence-corrected chi connectivity index (χ3v) is 5.40. The molecule has 1 amide bonds. The molecule has 160 valence electrons. The Morgan fingerprint density at radius 3 is 2.57 bits per heavy atom. The molecule has 0 aromatic heterocycles. The zero-order chi connectivity index (χ0) is 21.8. The summed E-state index contributed by atoms with van der Waals surface area (Å²) in [5.74, 6) is -0.910. The number of nitro groups is 1. The molecule has 1 saturated heterocycles. The van der Waals surface area contributed by atoms with Crippen molar-refractivity contribution in [3.8, 4) is 5.75 Å². The van der Waals surface area contributed by atoms with E-state index in [1.165, 1.54) is 13.2 Å². The molecule has 0 spiro atoms. The lowest BCUT2D eigenvalue weighted by Gasteiger charge is -2.35. The summed E-state index contributed by atoms with van der Waals surface area (Å²) in [6.07, 6.45) is 0. The summed E-state index contributed by atoms with van der Waals surface area (Å²) in [6.45, 7) is 6.25. The quantitative estimate of drug-likeness (QED) is 0.575. The number of carbonyl (C=O) groups excluding carboxylic acids is 1. The van der Waals surface area contributed by atoms with Gasteiger partial charge in [0.25, 0.3) is 5.69 Å². The average molecular weight is 416 g/mol. The highest BCUT2D eigenvalue weighted by atomic mass is 19.1. The number of aryl methyl sites for hydroxylation is 1. The molecule has 0 unspecified atom stereocenters. The molecule has 1 heterocycles. The first kappa shape index (κ1) is 21.5. The lowest BCUT2D eigenvalue weighted by molar-refractivity contribution is -0.384. The van der Waals surface area contributed by atoms with Gasteiger partial charge in [-0.1, -0.05) is 12.1 Å². The van der Waals surface area contributed by atoms with Crippen molar-refractivity contribution in [2.75, 3.05) is 50.1 Å². The summed E-state index contributed by atoms with van der Waals surface area (Å²) in [5, 5.41) is 14.3. The van der Waals surface area contributed by atoms with Crippen LogP contribution in [0.25, 0.3) is 0 Å². The first-order chi connectivity index (χ1) is 14.3. The third kappa shape index (κ3) is 4.68. The monoisotopic (exact) mass is 416 g/mol. The first-order valence-electron chi connectivity index (χ1n) is 9.65.